The number of fused-ring (bicyclic) bond motifs is 1. The molecule has 0 aromatic heterocycles. The van der Waals surface area contributed by atoms with Crippen LogP contribution in [0, 0.1) is 0 Å². The number of nitrogens with one attached hydrogen (secondary N) is 1. The van der Waals surface area contributed by atoms with E-state index >= 15 is 0 Å². The van der Waals surface area contributed by atoms with Crippen LogP contribution in [-0.4, -0.2) is 30.6 Å². The third-order valence-electron chi connectivity index (χ3n) is 5.87. The molecular weight excluding hydrogens is 380 g/mol. The molecule has 1 fully saturated rings. The third-order valence-corrected chi connectivity index (χ3v) is 6.10. The van der Waals surface area contributed by atoms with Crippen molar-refractivity contribution in [3.05, 3.63) is 76.8 Å². The zero-order chi connectivity index (χ0) is 20.1. The van der Waals surface area contributed by atoms with Crippen molar-refractivity contribution >= 4 is 22.4 Å². The Morgan fingerprint density at radius 2 is 2.00 bits per heavy atom. The van der Waals surface area contributed by atoms with E-state index in [1.807, 2.05) is 24.3 Å². The first-order valence-corrected chi connectivity index (χ1v) is 10.9. The summed E-state index contributed by atoms with van der Waals surface area (Å²) in [5.41, 5.74) is 2.31. The fourth-order valence-corrected chi connectivity index (χ4v) is 4.54. The number of hydrogen-bond donors (Lipinski definition) is 1. The van der Waals surface area contributed by atoms with Crippen molar-refractivity contribution in [2.45, 2.75) is 39.0 Å². The predicted octanol–water partition coefficient (Wildman–Crippen LogP) is 5.65. The van der Waals surface area contributed by atoms with Crippen LogP contribution in [0.25, 0.3) is 10.8 Å². The Hall–Kier alpha value is -2.07. The molecule has 3 aromatic carbocycles. The monoisotopic (exact) mass is 408 g/mol. The van der Waals surface area contributed by atoms with Crippen molar-refractivity contribution in [1.29, 1.82) is 0 Å². The summed E-state index contributed by atoms with van der Waals surface area (Å²) >= 11 is 6.12. The van der Waals surface area contributed by atoms with E-state index in [0.717, 1.165) is 36.0 Å². The molecule has 0 amide bonds. The minimum absolute atomic E-state index is 0.512. The van der Waals surface area contributed by atoms with Gasteiger partial charge in [-0.1, -0.05) is 61.0 Å². The van der Waals surface area contributed by atoms with Gasteiger partial charge >= 0.3 is 0 Å². The van der Waals surface area contributed by atoms with Gasteiger partial charge in [-0.05, 0) is 60.5 Å². The molecule has 0 spiro atoms. The van der Waals surface area contributed by atoms with Crippen LogP contribution in [0.4, 0.5) is 0 Å². The van der Waals surface area contributed by atoms with Crippen LogP contribution in [0.1, 0.15) is 30.9 Å². The maximum Gasteiger partial charge on any atom is 0.124 e. The SMILES string of the molecule is CCN1CCCC1CNCc1c(OCc2cccc(Cl)c2)ccc2ccccc12. The zero-order valence-corrected chi connectivity index (χ0v) is 17.8. The van der Waals surface area contributed by atoms with E-state index in [0.29, 0.717) is 12.6 Å². The van der Waals surface area contributed by atoms with Gasteiger partial charge < -0.3 is 10.1 Å². The summed E-state index contributed by atoms with van der Waals surface area (Å²) in [6.07, 6.45) is 2.59. The molecular formula is C25H29ClN2O. The smallest absolute Gasteiger partial charge is 0.124 e. The van der Waals surface area contributed by atoms with Gasteiger partial charge in [0.2, 0.25) is 0 Å². The highest BCUT2D eigenvalue weighted by atomic mass is 35.5. The second-order valence-electron chi connectivity index (χ2n) is 7.74. The zero-order valence-electron chi connectivity index (χ0n) is 17.0. The van der Waals surface area contributed by atoms with Gasteiger partial charge in [0, 0.05) is 29.7 Å². The Morgan fingerprint density at radius 1 is 1.10 bits per heavy atom. The average molecular weight is 409 g/mol. The van der Waals surface area contributed by atoms with Gasteiger partial charge in [0.15, 0.2) is 0 Å². The van der Waals surface area contributed by atoms with E-state index < -0.39 is 0 Å². The lowest BCUT2D eigenvalue weighted by molar-refractivity contribution is 0.259. The Bertz CT molecular complexity index is 958. The fraction of sp³-hybridized carbons (Fsp3) is 0.360. The first-order valence-electron chi connectivity index (χ1n) is 10.6. The predicted molar refractivity (Wildman–Crippen MR) is 122 cm³/mol. The minimum Gasteiger partial charge on any atom is -0.489 e. The number of likely N-dealkylation sites (N-methyl/N-ethyl adjacent to an activating group) is 1. The number of likely N-dealkylation sites (tertiary alicyclic amines) is 1. The van der Waals surface area contributed by atoms with Gasteiger partial charge in [-0.3, -0.25) is 4.90 Å². The topological polar surface area (TPSA) is 24.5 Å². The van der Waals surface area contributed by atoms with Gasteiger partial charge in [-0.15, -0.1) is 0 Å². The summed E-state index contributed by atoms with van der Waals surface area (Å²) in [5, 5.41) is 6.94. The number of hydrogen-bond acceptors (Lipinski definition) is 3. The number of ether oxygens (including phenoxy) is 1. The van der Waals surface area contributed by atoms with E-state index in [9.17, 15) is 0 Å². The van der Waals surface area contributed by atoms with E-state index in [1.54, 1.807) is 0 Å². The molecule has 3 aromatic rings. The molecule has 1 unspecified atom stereocenters. The van der Waals surface area contributed by atoms with Crippen LogP contribution in [0.2, 0.25) is 5.02 Å². The lowest BCUT2D eigenvalue weighted by atomic mass is 10.0. The molecule has 1 saturated heterocycles. The van der Waals surface area contributed by atoms with E-state index in [4.69, 9.17) is 16.3 Å². The second-order valence-corrected chi connectivity index (χ2v) is 8.17. The number of rotatable bonds is 8. The largest absolute Gasteiger partial charge is 0.489 e. The highest BCUT2D eigenvalue weighted by molar-refractivity contribution is 6.30. The summed E-state index contributed by atoms with van der Waals surface area (Å²) in [4.78, 5) is 2.58. The first kappa shape index (κ1) is 20.2. The maximum atomic E-state index is 6.24. The first-order chi connectivity index (χ1) is 14.2. The number of halogens is 1. The van der Waals surface area contributed by atoms with Gasteiger partial charge in [0.1, 0.15) is 12.4 Å². The van der Waals surface area contributed by atoms with Crippen LogP contribution in [0.3, 0.4) is 0 Å². The lowest BCUT2D eigenvalue weighted by Crippen LogP contribution is -2.37. The molecule has 4 rings (SSSR count). The second kappa shape index (κ2) is 9.62. The fourth-order valence-electron chi connectivity index (χ4n) is 4.33. The minimum atomic E-state index is 0.512. The van der Waals surface area contributed by atoms with Crippen molar-refractivity contribution in [3.8, 4) is 5.75 Å². The molecule has 0 radical (unpaired) electrons. The summed E-state index contributed by atoms with van der Waals surface area (Å²) in [6.45, 7) is 6.95. The highest BCUT2D eigenvalue weighted by Crippen LogP contribution is 2.29. The molecule has 1 aliphatic heterocycles. The Balaban J connectivity index is 1.51. The molecule has 4 heteroatoms. The van der Waals surface area contributed by atoms with E-state index in [2.05, 4.69) is 53.5 Å². The standard InChI is InChI=1S/C25H29ClN2O/c1-2-28-14-6-10-22(28)16-27-17-24-23-11-4-3-8-20(23)12-13-25(24)29-18-19-7-5-9-21(26)15-19/h3-5,7-9,11-13,15,22,27H,2,6,10,14,16-18H2,1H3. The number of nitrogens with zero attached hydrogens (tertiary/aromatic N) is 1. The van der Waals surface area contributed by atoms with Crippen LogP contribution >= 0.6 is 11.6 Å². The molecule has 1 heterocycles. The molecule has 1 atom stereocenters. The number of benzene rings is 3. The summed E-state index contributed by atoms with van der Waals surface area (Å²) < 4.78 is 6.24. The molecule has 0 bridgehead atoms. The van der Waals surface area contributed by atoms with Crippen molar-refractivity contribution < 1.29 is 4.74 Å². The molecule has 0 saturated carbocycles. The van der Waals surface area contributed by atoms with Gasteiger partial charge in [-0.25, -0.2) is 0 Å². The molecule has 1 N–H and O–H groups in total. The third kappa shape index (κ3) is 4.92. The van der Waals surface area contributed by atoms with E-state index in [-0.39, 0.29) is 0 Å². The maximum absolute atomic E-state index is 6.24. The van der Waals surface area contributed by atoms with Crippen LogP contribution in [-0.2, 0) is 13.2 Å². The Morgan fingerprint density at radius 3 is 2.86 bits per heavy atom. The summed E-state index contributed by atoms with van der Waals surface area (Å²) in [5.74, 6) is 0.940. The summed E-state index contributed by atoms with van der Waals surface area (Å²) in [7, 11) is 0. The van der Waals surface area contributed by atoms with Crippen LogP contribution in [0.5, 0.6) is 5.75 Å². The molecule has 152 valence electrons. The average Bonchev–Trinajstić information content (AvgIpc) is 3.20. The van der Waals surface area contributed by atoms with Crippen molar-refractivity contribution in [1.82, 2.24) is 10.2 Å². The Labute approximate surface area is 178 Å². The molecule has 3 nitrogen and oxygen atoms in total. The van der Waals surface area contributed by atoms with Crippen molar-refractivity contribution in [3.63, 3.8) is 0 Å². The van der Waals surface area contributed by atoms with Crippen molar-refractivity contribution in [2.24, 2.45) is 0 Å². The Kier molecular flexibility index (Phi) is 6.70. The highest BCUT2D eigenvalue weighted by Gasteiger charge is 2.22. The van der Waals surface area contributed by atoms with Gasteiger partial charge in [0.25, 0.3) is 0 Å². The molecule has 29 heavy (non-hydrogen) atoms. The van der Waals surface area contributed by atoms with Crippen LogP contribution < -0.4 is 10.1 Å². The van der Waals surface area contributed by atoms with Gasteiger partial charge in [0.05, 0.1) is 0 Å². The van der Waals surface area contributed by atoms with Crippen molar-refractivity contribution in [2.75, 3.05) is 19.6 Å². The molecule has 1 aliphatic rings. The lowest BCUT2D eigenvalue weighted by Gasteiger charge is -2.23. The summed E-state index contributed by atoms with van der Waals surface area (Å²) in [6, 6.07) is 21.3. The van der Waals surface area contributed by atoms with Gasteiger partial charge in [-0.2, -0.15) is 0 Å². The van der Waals surface area contributed by atoms with Crippen LogP contribution in [0.15, 0.2) is 60.7 Å². The molecule has 0 aliphatic carbocycles. The normalized spacial score (nSPS) is 17.1. The van der Waals surface area contributed by atoms with E-state index in [1.165, 1.54) is 35.7 Å². The quantitative estimate of drug-likeness (QED) is 0.521.